The Morgan fingerprint density at radius 2 is 2.04 bits per heavy atom. The molecule has 1 aromatic carbocycles. The molecule has 1 amide bonds. The van der Waals surface area contributed by atoms with Crippen LogP contribution in [0.2, 0.25) is 0 Å². The molecule has 0 spiro atoms. The molecular formula is C19H19N3O2S2. The summed E-state index contributed by atoms with van der Waals surface area (Å²) in [5.74, 6) is 1.05. The van der Waals surface area contributed by atoms with Crippen LogP contribution in [-0.4, -0.2) is 28.7 Å². The van der Waals surface area contributed by atoms with Gasteiger partial charge in [0.05, 0.1) is 28.4 Å². The molecule has 5 nitrogen and oxygen atoms in total. The van der Waals surface area contributed by atoms with E-state index in [1.807, 2.05) is 61.9 Å². The third-order valence-electron chi connectivity index (χ3n) is 3.65. The van der Waals surface area contributed by atoms with Gasteiger partial charge in [0.2, 0.25) is 0 Å². The molecule has 26 heavy (non-hydrogen) atoms. The number of thiophene rings is 1. The molecule has 0 atom stereocenters. The summed E-state index contributed by atoms with van der Waals surface area (Å²) in [4.78, 5) is 23.0. The average molecular weight is 386 g/mol. The van der Waals surface area contributed by atoms with Crippen molar-refractivity contribution in [1.82, 2.24) is 9.97 Å². The van der Waals surface area contributed by atoms with Gasteiger partial charge in [0.15, 0.2) is 5.82 Å². The predicted molar refractivity (Wildman–Crippen MR) is 107 cm³/mol. The number of amides is 1. The van der Waals surface area contributed by atoms with E-state index in [0.717, 1.165) is 4.88 Å². The summed E-state index contributed by atoms with van der Waals surface area (Å²) in [5, 5.41) is 5.57. The van der Waals surface area contributed by atoms with E-state index in [4.69, 9.17) is 4.74 Å². The molecular weight excluding hydrogens is 366 g/mol. The number of aryl methyl sites for hydroxylation is 1. The highest BCUT2D eigenvalue weighted by molar-refractivity contribution is 7.98. The van der Waals surface area contributed by atoms with Crippen LogP contribution in [0.3, 0.4) is 0 Å². The van der Waals surface area contributed by atoms with Gasteiger partial charge in [0.1, 0.15) is 10.8 Å². The van der Waals surface area contributed by atoms with E-state index in [1.54, 1.807) is 11.3 Å². The highest BCUT2D eigenvalue weighted by atomic mass is 32.2. The Bertz CT molecular complexity index is 911. The maximum Gasteiger partial charge on any atom is 0.260 e. The number of nitrogens with one attached hydrogen (secondary N) is 1. The van der Waals surface area contributed by atoms with Gasteiger partial charge in [-0.1, -0.05) is 18.2 Å². The van der Waals surface area contributed by atoms with Crippen molar-refractivity contribution in [1.29, 1.82) is 0 Å². The van der Waals surface area contributed by atoms with E-state index in [0.29, 0.717) is 40.2 Å². The lowest BCUT2D eigenvalue weighted by atomic mass is 10.2. The molecule has 2 aromatic heterocycles. The number of hydrogen-bond donors (Lipinski definition) is 1. The molecule has 0 saturated carbocycles. The lowest BCUT2D eigenvalue weighted by molar-refractivity contribution is 0.102. The second-order valence-electron chi connectivity index (χ2n) is 5.38. The molecule has 0 saturated heterocycles. The van der Waals surface area contributed by atoms with Crippen LogP contribution in [0.5, 0.6) is 5.75 Å². The Labute approximate surface area is 160 Å². The molecule has 0 fully saturated rings. The van der Waals surface area contributed by atoms with E-state index < -0.39 is 0 Å². The Morgan fingerprint density at radius 3 is 2.73 bits per heavy atom. The third-order valence-corrected chi connectivity index (χ3v) is 5.20. The van der Waals surface area contributed by atoms with Crippen molar-refractivity contribution < 1.29 is 9.53 Å². The fourth-order valence-electron chi connectivity index (χ4n) is 2.51. The number of nitrogens with zero attached hydrogens (tertiary/aromatic N) is 2. The maximum absolute atomic E-state index is 12.9. The minimum atomic E-state index is -0.239. The molecule has 0 aliphatic heterocycles. The zero-order valence-corrected chi connectivity index (χ0v) is 16.4. The fraction of sp³-hybridized carbons (Fsp3) is 0.211. The van der Waals surface area contributed by atoms with Crippen LogP contribution >= 0.6 is 23.1 Å². The van der Waals surface area contributed by atoms with Crippen LogP contribution < -0.4 is 10.1 Å². The number of hydrogen-bond acceptors (Lipinski definition) is 6. The van der Waals surface area contributed by atoms with Crippen LogP contribution in [0.15, 0.2) is 46.8 Å². The van der Waals surface area contributed by atoms with E-state index in [2.05, 4.69) is 15.3 Å². The lowest BCUT2D eigenvalue weighted by Gasteiger charge is -2.14. The maximum atomic E-state index is 12.9. The quantitative estimate of drug-likeness (QED) is 0.484. The Balaban J connectivity index is 1.95. The minimum absolute atomic E-state index is 0.239. The first-order valence-electron chi connectivity index (χ1n) is 8.13. The highest BCUT2D eigenvalue weighted by Gasteiger charge is 2.20. The van der Waals surface area contributed by atoms with Crippen molar-refractivity contribution in [2.24, 2.45) is 0 Å². The van der Waals surface area contributed by atoms with E-state index in [-0.39, 0.29) is 5.91 Å². The van der Waals surface area contributed by atoms with Gasteiger partial charge in [-0.25, -0.2) is 9.97 Å². The topological polar surface area (TPSA) is 64.1 Å². The minimum Gasteiger partial charge on any atom is -0.492 e. The number of ether oxygens (including phenoxy) is 1. The first kappa shape index (κ1) is 18.4. The van der Waals surface area contributed by atoms with Gasteiger partial charge in [-0.2, -0.15) is 0 Å². The zero-order valence-electron chi connectivity index (χ0n) is 14.8. The van der Waals surface area contributed by atoms with Gasteiger partial charge in [-0.3, -0.25) is 4.79 Å². The molecule has 7 heteroatoms. The monoisotopic (exact) mass is 385 g/mol. The molecule has 2 heterocycles. The second-order valence-corrected chi connectivity index (χ2v) is 7.12. The average Bonchev–Trinajstić information content (AvgIpc) is 3.17. The summed E-state index contributed by atoms with van der Waals surface area (Å²) in [6.07, 6.45) is 1.91. The van der Waals surface area contributed by atoms with Crippen LogP contribution in [-0.2, 0) is 0 Å². The third kappa shape index (κ3) is 3.89. The van der Waals surface area contributed by atoms with Gasteiger partial charge in [0.25, 0.3) is 5.91 Å². The summed E-state index contributed by atoms with van der Waals surface area (Å²) in [5.41, 5.74) is 1.77. The molecule has 3 aromatic rings. The van der Waals surface area contributed by atoms with Crippen molar-refractivity contribution in [3.05, 3.63) is 53.0 Å². The molecule has 0 radical (unpaired) electrons. The number of carbonyl (C=O) groups excluding carboxylic acids is 1. The zero-order chi connectivity index (χ0) is 18.5. The largest absolute Gasteiger partial charge is 0.492 e. The molecule has 3 rings (SSSR count). The molecule has 0 bridgehead atoms. The van der Waals surface area contributed by atoms with Gasteiger partial charge in [0, 0.05) is 0 Å². The molecule has 134 valence electrons. The number of para-hydroxylation sites is 2. The number of rotatable bonds is 6. The number of anilines is 1. The lowest BCUT2D eigenvalue weighted by Crippen LogP contribution is -2.17. The molecule has 1 N–H and O–H groups in total. The summed E-state index contributed by atoms with van der Waals surface area (Å²) < 4.78 is 5.58. The second kappa shape index (κ2) is 8.33. The summed E-state index contributed by atoms with van der Waals surface area (Å²) >= 11 is 3.01. The molecule has 0 aliphatic rings. The van der Waals surface area contributed by atoms with E-state index in [1.165, 1.54) is 11.8 Å². The standard InChI is InChI=1S/C19H19N3O2S2/c1-4-24-14-9-6-5-8-13(14)21-18(23)16-12(2)20-17(22-19(16)25-3)15-10-7-11-26-15/h5-11H,4H2,1-3H3,(H,21,23). The first-order valence-corrected chi connectivity index (χ1v) is 10.2. The van der Waals surface area contributed by atoms with Gasteiger partial charge < -0.3 is 10.1 Å². The van der Waals surface area contributed by atoms with Crippen LogP contribution in [0.1, 0.15) is 23.0 Å². The van der Waals surface area contributed by atoms with Gasteiger partial charge in [-0.05, 0) is 43.7 Å². The van der Waals surface area contributed by atoms with Crippen LogP contribution in [0.25, 0.3) is 10.7 Å². The SMILES string of the molecule is CCOc1ccccc1NC(=O)c1c(C)nc(-c2cccs2)nc1SC. The normalized spacial score (nSPS) is 10.6. The fourth-order valence-corrected chi connectivity index (χ4v) is 3.79. The van der Waals surface area contributed by atoms with Crippen molar-refractivity contribution in [2.45, 2.75) is 18.9 Å². The van der Waals surface area contributed by atoms with Gasteiger partial charge >= 0.3 is 0 Å². The Morgan fingerprint density at radius 1 is 1.23 bits per heavy atom. The Kier molecular flexibility index (Phi) is 5.90. The van der Waals surface area contributed by atoms with Crippen molar-refractivity contribution in [3.8, 4) is 16.5 Å². The number of carbonyl (C=O) groups is 1. The number of benzene rings is 1. The number of thioether (sulfide) groups is 1. The van der Waals surface area contributed by atoms with Gasteiger partial charge in [-0.15, -0.1) is 23.1 Å². The predicted octanol–water partition coefficient (Wildman–Crippen LogP) is 4.89. The van der Waals surface area contributed by atoms with Crippen molar-refractivity contribution >= 4 is 34.7 Å². The molecule has 0 aliphatic carbocycles. The smallest absolute Gasteiger partial charge is 0.260 e. The first-order chi connectivity index (χ1) is 12.6. The number of aromatic nitrogens is 2. The van der Waals surface area contributed by atoms with Crippen molar-refractivity contribution in [2.75, 3.05) is 18.2 Å². The van der Waals surface area contributed by atoms with Crippen LogP contribution in [0.4, 0.5) is 5.69 Å². The summed E-state index contributed by atoms with van der Waals surface area (Å²) in [6.45, 7) is 4.27. The van der Waals surface area contributed by atoms with Crippen LogP contribution in [0, 0.1) is 6.92 Å². The van der Waals surface area contributed by atoms with E-state index in [9.17, 15) is 4.79 Å². The molecule has 0 unspecified atom stereocenters. The summed E-state index contributed by atoms with van der Waals surface area (Å²) in [7, 11) is 0. The summed E-state index contributed by atoms with van der Waals surface area (Å²) in [6, 6.07) is 11.3. The Hall–Kier alpha value is -2.38. The van der Waals surface area contributed by atoms with E-state index >= 15 is 0 Å². The highest BCUT2D eigenvalue weighted by Crippen LogP contribution is 2.29. The van der Waals surface area contributed by atoms with Crippen molar-refractivity contribution in [3.63, 3.8) is 0 Å².